The maximum absolute atomic E-state index is 10.9. The maximum Gasteiger partial charge on any atom is 0.335 e. The zero-order valence-corrected chi connectivity index (χ0v) is 11.7. The van der Waals surface area contributed by atoms with Crippen molar-refractivity contribution >= 4 is 27.6 Å². The van der Waals surface area contributed by atoms with E-state index in [-0.39, 0.29) is 0 Å². The van der Waals surface area contributed by atoms with Crippen molar-refractivity contribution < 1.29 is 9.90 Å². The minimum absolute atomic E-state index is 0.299. The van der Waals surface area contributed by atoms with E-state index in [0.717, 1.165) is 23.2 Å². The first kappa shape index (κ1) is 13.4. The Labute approximate surface area is 115 Å². The van der Waals surface area contributed by atoms with E-state index in [2.05, 4.69) is 26.1 Å². The van der Waals surface area contributed by atoms with Crippen LogP contribution in [0.2, 0.25) is 0 Å². The second-order valence-electron chi connectivity index (χ2n) is 4.51. The van der Waals surface area contributed by atoms with Gasteiger partial charge < -0.3 is 15.3 Å². The summed E-state index contributed by atoms with van der Waals surface area (Å²) in [7, 11) is 0. The van der Waals surface area contributed by atoms with Gasteiger partial charge in [0.2, 0.25) is 0 Å². The smallest absolute Gasteiger partial charge is 0.335 e. The number of carboxylic acids is 1. The SMILES string of the molecule is O=C(O)c1cc(Br)cc(NCCN2CCCC2)c1. The van der Waals surface area contributed by atoms with Crippen LogP contribution in [0, 0.1) is 0 Å². The van der Waals surface area contributed by atoms with Crippen LogP contribution in [-0.4, -0.2) is 42.2 Å². The molecule has 1 aliphatic heterocycles. The first-order valence-corrected chi connectivity index (χ1v) is 6.94. The first-order valence-electron chi connectivity index (χ1n) is 6.15. The van der Waals surface area contributed by atoms with E-state index in [1.807, 2.05) is 6.07 Å². The number of nitrogens with one attached hydrogen (secondary N) is 1. The van der Waals surface area contributed by atoms with E-state index in [4.69, 9.17) is 5.11 Å². The Morgan fingerprint density at radius 3 is 2.72 bits per heavy atom. The third kappa shape index (κ3) is 3.71. The van der Waals surface area contributed by atoms with E-state index >= 15 is 0 Å². The number of carboxylic acid groups (broad SMARTS) is 1. The summed E-state index contributed by atoms with van der Waals surface area (Å²) in [6.07, 6.45) is 2.58. The summed E-state index contributed by atoms with van der Waals surface area (Å²) in [5, 5.41) is 12.2. The Morgan fingerprint density at radius 1 is 1.33 bits per heavy atom. The first-order chi connectivity index (χ1) is 8.65. The van der Waals surface area contributed by atoms with Crippen molar-refractivity contribution in [1.82, 2.24) is 4.90 Å². The van der Waals surface area contributed by atoms with Gasteiger partial charge in [-0.3, -0.25) is 0 Å². The maximum atomic E-state index is 10.9. The summed E-state index contributed by atoms with van der Waals surface area (Å²) in [4.78, 5) is 13.4. The van der Waals surface area contributed by atoms with Crippen molar-refractivity contribution in [1.29, 1.82) is 0 Å². The van der Waals surface area contributed by atoms with Crippen LogP contribution in [0.1, 0.15) is 23.2 Å². The van der Waals surface area contributed by atoms with Gasteiger partial charge in [0.25, 0.3) is 0 Å². The Kier molecular flexibility index (Phi) is 4.60. The molecule has 1 aliphatic rings. The molecule has 5 heteroatoms. The molecule has 98 valence electrons. The van der Waals surface area contributed by atoms with Gasteiger partial charge in [-0.25, -0.2) is 4.79 Å². The highest BCUT2D eigenvalue weighted by molar-refractivity contribution is 9.10. The molecule has 1 fully saturated rings. The Morgan fingerprint density at radius 2 is 2.06 bits per heavy atom. The van der Waals surface area contributed by atoms with Gasteiger partial charge in [-0.15, -0.1) is 0 Å². The highest BCUT2D eigenvalue weighted by atomic mass is 79.9. The van der Waals surface area contributed by atoms with Crippen LogP contribution >= 0.6 is 15.9 Å². The highest BCUT2D eigenvalue weighted by Gasteiger charge is 2.10. The second-order valence-corrected chi connectivity index (χ2v) is 5.42. The number of hydrogen-bond donors (Lipinski definition) is 2. The van der Waals surface area contributed by atoms with Gasteiger partial charge >= 0.3 is 5.97 Å². The molecule has 2 N–H and O–H groups in total. The molecule has 0 unspecified atom stereocenters. The molecule has 0 bridgehead atoms. The third-order valence-corrected chi connectivity index (χ3v) is 3.56. The van der Waals surface area contributed by atoms with E-state index in [1.165, 1.54) is 25.9 Å². The minimum Gasteiger partial charge on any atom is -0.478 e. The molecular formula is C13H17BrN2O2. The predicted octanol–water partition coefficient (Wildman–Crippen LogP) is 2.66. The van der Waals surface area contributed by atoms with Gasteiger partial charge in [0.05, 0.1) is 5.56 Å². The monoisotopic (exact) mass is 312 g/mol. The molecule has 1 saturated heterocycles. The van der Waals surface area contributed by atoms with Crippen LogP contribution in [-0.2, 0) is 0 Å². The zero-order valence-electron chi connectivity index (χ0n) is 10.2. The number of halogens is 1. The number of nitrogens with zero attached hydrogens (tertiary/aromatic N) is 1. The standard InChI is InChI=1S/C13H17BrN2O2/c14-11-7-10(13(17)18)8-12(9-11)15-3-6-16-4-1-2-5-16/h7-9,15H,1-6H2,(H,17,18). The average Bonchev–Trinajstić information content (AvgIpc) is 2.81. The highest BCUT2D eigenvalue weighted by Crippen LogP contribution is 2.19. The Balaban J connectivity index is 1.89. The number of likely N-dealkylation sites (tertiary alicyclic amines) is 1. The lowest BCUT2D eigenvalue weighted by molar-refractivity contribution is 0.0697. The molecule has 0 radical (unpaired) electrons. The lowest BCUT2D eigenvalue weighted by atomic mass is 10.2. The quantitative estimate of drug-likeness (QED) is 0.877. The van der Waals surface area contributed by atoms with Crippen LogP contribution < -0.4 is 5.32 Å². The van der Waals surface area contributed by atoms with Crippen LogP contribution in [0.15, 0.2) is 22.7 Å². The predicted molar refractivity (Wildman–Crippen MR) is 75.3 cm³/mol. The topological polar surface area (TPSA) is 52.6 Å². The van der Waals surface area contributed by atoms with Crippen LogP contribution in [0.3, 0.4) is 0 Å². The molecule has 4 nitrogen and oxygen atoms in total. The fraction of sp³-hybridized carbons (Fsp3) is 0.462. The number of carbonyl (C=O) groups is 1. The van der Waals surface area contributed by atoms with Crippen LogP contribution in [0.5, 0.6) is 0 Å². The van der Waals surface area contributed by atoms with E-state index in [9.17, 15) is 4.79 Å². The van der Waals surface area contributed by atoms with Crippen molar-refractivity contribution in [2.24, 2.45) is 0 Å². The second kappa shape index (κ2) is 6.20. The van der Waals surface area contributed by atoms with Crippen molar-refractivity contribution in [3.63, 3.8) is 0 Å². The molecule has 0 aromatic heterocycles. The van der Waals surface area contributed by atoms with Gasteiger partial charge in [-0.05, 0) is 44.1 Å². The lowest BCUT2D eigenvalue weighted by Crippen LogP contribution is -2.25. The van der Waals surface area contributed by atoms with Crippen molar-refractivity contribution in [3.05, 3.63) is 28.2 Å². The van der Waals surface area contributed by atoms with Gasteiger partial charge in [0, 0.05) is 23.2 Å². The van der Waals surface area contributed by atoms with Gasteiger partial charge in [0.1, 0.15) is 0 Å². The van der Waals surface area contributed by atoms with Crippen molar-refractivity contribution in [2.75, 3.05) is 31.5 Å². The lowest BCUT2D eigenvalue weighted by Gasteiger charge is -2.15. The van der Waals surface area contributed by atoms with Crippen LogP contribution in [0.4, 0.5) is 5.69 Å². The van der Waals surface area contributed by atoms with Crippen LogP contribution in [0.25, 0.3) is 0 Å². The average molecular weight is 313 g/mol. The molecule has 1 aromatic rings. The van der Waals surface area contributed by atoms with Gasteiger partial charge in [-0.2, -0.15) is 0 Å². The molecule has 0 saturated carbocycles. The summed E-state index contributed by atoms with van der Waals surface area (Å²) >= 11 is 3.33. The Hall–Kier alpha value is -1.07. The molecule has 0 spiro atoms. The molecule has 1 heterocycles. The van der Waals surface area contributed by atoms with E-state index in [1.54, 1.807) is 12.1 Å². The van der Waals surface area contributed by atoms with E-state index < -0.39 is 5.97 Å². The molecule has 0 amide bonds. The fourth-order valence-electron chi connectivity index (χ4n) is 2.18. The summed E-state index contributed by atoms with van der Waals surface area (Å²) in [5.74, 6) is -0.904. The summed E-state index contributed by atoms with van der Waals surface area (Å²) < 4.78 is 0.783. The molecule has 1 aromatic carbocycles. The summed E-state index contributed by atoms with van der Waals surface area (Å²) in [5.41, 5.74) is 1.15. The fourth-order valence-corrected chi connectivity index (χ4v) is 2.67. The molecule has 2 rings (SSSR count). The molecular weight excluding hydrogens is 296 g/mol. The third-order valence-electron chi connectivity index (χ3n) is 3.10. The minimum atomic E-state index is -0.904. The number of hydrogen-bond acceptors (Lipinski definition) is 3. The zero-order chi connectivity index (χ0) is 13.0. The van der Waals surface area contributed by atoms with Gasteiger partial charge in [0.15, 0.2) is 0 Å². The molecule has 18 heavy (non-hydrogen) atoms. The molecule has 0 aliphatic carbocycles. The van der Waals surface area contributed by atoms with Crippen molar-refractivity contribution in [3.8, 4) is 0 Å². The summed E-state index contributed by atoms with van der Waals surface area (Å²) in [6, 6.07) is 5.17. The number of rotatable bonds is 5. The molecule has 0 atom stereocenters. The Bertz CT molecular complexity index is 431. The van der Waals surface area contributed by atoms with Crippen molar-refractivity contribution in [2.45, 2.75) is 12.8 Å². The summed E-state index contributed by atoms with van der Waals surface area (Å²) in [6.45, 7) is 4.21. The van der Waals surface area contributed by atoms with Gasteiger partial charge in [-0.1, -0.05) is 15.9 Å². The van der Waals surface area contributed by atoms with E-state index in [0.29, 0.717) is 5.56 Å². The number of aromatic carboxylic acids is 1. The largest absolute Gasteiger partial charge is 0.478 e. The normalized spacial score (nSPS) is 15.8. The number of benzene rings is 1. The number of anilines is 1.